The number of nitrogens with zero attached hydrogens (tertiary/aromatic N) is 1. The van der Waals surface area contributed by atoms with Gasteiger partial charge >= 0.3 is 0 Å². The second kappa shape index (κ2) is 8.71. The Bertz CT molecular complexity index is 1150. The van der Waals surface area contributed by atoms with Crippen molar-refractivity contribution in [3.05, 3.63) is 63.1 Å². The molecule has 0 radical (unpaired) electrons. The molecule has 3 aromatic rings. The molecular formula is C21H18FN3O2S3. The summed E-state index contributed by atoms with van der Waals surface area (Å²) in [6, 6.07) is 7.69. The zero-order valence-electron chi connectivity index (χ0n) is 16.0. The molecule has 1 fully saturated rings. The molecule has 2 N–H and O–H groups in total. The van der Waals surface area contributed by atoms with Crippen LogP contribution in [-0.4, -0.2) is 38.6 Å². The third kappa shape index (κ3) is 4.19. The number of halogens is 1. The molecule has 2 amide bonds. The van der Waals surface area contributed by atoms with Gasteiger partial charge in [-0.15, -0.1) is 11.3 Å². The molecule has 2 aromatic heterocycles. The maximum Gasteiger partial charge on any atom is 0.266 e. The molecule has 1 saturated heterocycles. The first-order chi connectivity index (χ1) is 14.4. The lowest BCUT2D eigenvalue weighted by Crippen LogP contribution is -2.47. The smallest absolute Gasteiger partial charge is 0.266 e. The largest absolute Gasteiger partial charge is 0.361 e. The van der Waals surface area contributed by atoms with Gasteiger partial charge in [0.25, 0.3) is 5.91 Å². The standard InChI is InChI=1S/C21H18FN3O2S3/c1-12(25-20(27)18(30-21(25)28)10-15-3-2-8-29-15)19(26)23-7-6-13-11-24-17-5-4-14(22)9-16(13)17/h2-5,8-12,24H,6-7H2,1H3,(H,23,26)/b18-10+/t12-/m0/s1. The minimum atomic E-state index is -0.716. The predicted molar refractivity (Wildman–Crippen MR) is 124 cm³/mol. The Morgan fingerprint density at radius 3 is 3.00 bits per heavy atom. The van der Waals surface area contributed by atoms with E-state index in [4.69, 9.17) is 12.2 Å². The molecule has 154 valence electrons. The average molecular weight is 460 g/mol. The highest BCUT2D eigenvalue weighted by molar-refractivity contribution is 8.26. The number of thiocarbonyl (C=S) groups is 1. The van der Waals surface area contributed by atoms with E-state index in [2.05, 4.69) is 10.3 Å². The number of thioether (sulfide) groups is 1. The van der Waals surface area contributed by atoms with Crippen molar-refractivity contribution in [2.24, 2.45) is 0 Å². The summed E-state index contributed by atoms with van der Waals surface area (Å²) in [6.07, 6.45) is 4.15. The molecule has 3 heterocycles. The van der Waals surface area contributed by atoms with Gasteiger partial charge in [0.2, 0.25) is 5.91 Å². The first-order valence-electron chi connectivity index (χ1n) is 9.28. The van der Waals surface area contributed by atoms with E-state index in [-0.39, 0.29) is 17.6 Å². The van der Waals surface area contributed by atoms with E-state index in [9.17, 15) is 14.0 Å². The van der Waals surface area contributed by atoms with Crippen molar-refractivity contribution < 1.29 is 14.0 Å². The van der Waals surface area contributed by atoms with Crippen LogP contribution in [0.2, 0.25) is 0 Å². The van der Waals surface area contributed by atoms with E-state index in [1.165, 1.54) is 40.1 Å². The highest BCUT2D eigenvalue weighted by Gasteiger charge is 2.38. The Hall–Kier alpha value is -2.49. The van der Waals surface area contributed by atoms with Gasteiger partial charge in [0.15, 0.2) is 0 Å². The lowest BCUT2D eigenvalue weighted by molar-refractivity contribution is -0.132. The van der Waals surface area contributed by atoms with Crippen molar-refractivity contribution in [1.82, 2.24) is 15.2 Å². The zero-order chi connectivity index (χ0) is 21.3. The van der Waals surface area contributed by atoms with Crippen LogP contribution in [0.25, 0.3) is 17.0 Å². The Morgan fingerprint density at radius 1 is 1.40 bits per heavy atom. The third-order valence-corrected chi connectivity index (χ3v) is 6.98. The monoisotopic (exact) mass is 459 g/mol. The quantitative estimate of drug-likeness (QED) is 0.426. The minimum absolute atomic E-state index is 0.256. The highest BCUT2D eigenvalue weighted by Crippen LogP contribution is 2.34. The van der Waals surface area contributed by atoms with Crippen molar-refractivity contribution in [3.63, 3.8) is 0 Å². The first kappa shape index (κ1) is 20.8. The number of amides is 2. The number of rotatable bonds is 6. The summed E-state index contributed by atoms with van der Waals surface area (Å²) in [5, 5.41) is 5.59. The van der Waals surface area contributed by atoms with Gasteiger partial charge in [0.1, 0.15) is 16.2 Å². The van der Waals surface area contributed by atoms with Gasteiger partial charge in [0, 0.05) is 28.5 Å². The number of hydrogen-bond donors (Lipinski definition) is 2. The van der Waals surface area contributed by atoms with Crippen LogP contribution in [0.3, 0.4) is 0 Å². The third-order valence-electron chi connectivity index (χ3n) is 4.83. The lowest BCUT2D eigenvalue weighted by Gasteiger charge is -2.22. The van der Waals surface area contributed by atoms with Crippen LogP contribution in [0.4, 0.5) is 4.39 Å². The highest BCUT2D eigenvalue weighted by atomic mass is 32.2. The molecule has 5 nitrogen and oxygen atoms in total. The van der Waals surface area contributed by atoms with Crippen LogP contribution in [0.15, 0.2) is 46.8 Å². The lowest BCUT2D eigenvalue weighted by atomic mass is 10.1. The van der Waals surface area contributed by atoms with Crippen molar-refractivity contribution in [1.29, 1.82) is 0 Å². The van der Waals surface area contributed by atoms with Gasteiger partial charge in [-0.2, -0.15) is 0 Å². The molecule has 0 saturated carbocycles. The van der Waals surface area contributed by atoms with Crippen molar-refractivity contribution in [3.8, 4) is 0 Å². The maximum absolute atomic E-state index is 13.5. The predicted octanol–water partition coefficient (Wildman–Crippen LogP) is 4.32. The number of carbonyl (C=O) groups excluding carboxylic acids is 2. The van der Waals surface area contributed by atoms with E-state index < -0.39 is 6.04 Å². The molecule has 4 rings (SSSR count). The van der Waals surface area contributed by atoms with Crippen LogP contribution >= 0.6 is 35.3 Å². The second-order valence-electron chi connectivity index (χ2n) is 6.79. The number of H-pyrrole nitrogens is 1. The Balaban J connectivity index is 1.38. The van der Waals surface area contributed by atoms with Crippen LogP contribution in [0.1, 0.15) is 17.4 Å². The second-order valence-corrected chi connectivity index (χ2v) is 9.44. The normalized spacial score (nSPS) is 16.6. The number of aromatic amines is 1. The fourth-order valence-electron chi connectivity index (χ4n) is 3.26. The molecule has 30 heavy (non-hydrogen) atoms. The minimum Gasteiger partial charge on any atom is -0.361 e. The fourth-order valence-corrected chi connectivity index (χ4v) is 5.40. The summed E-state index contributed by atoms with van der Waals surface area (Å²) in [6.45, 7) is 2.03. The summed E-state index contributed by atoms with van der Waals surface area (Å²) < 4.78 is 13.9. The molecule has 1 aliphatic rings. The van der Waals surface area contributed by atoms with Crippen LogP contribution in [-0.2, 0) is 16.0 Å². The van der Waals surface area contributed by atoms with Crippen molar-refractivity contribution in [2.45, 2.75) is 19.4 Å². The Labute approximate surface area is 186 Å². The Morgan fingerprint density at radius 2 is 2.23 bits per heavy atom. The summed E-state index contributed by atoms with van der Waals surface area (Å²) in [7, 11) is 0. The number of nitrogens with one attached hydrogen (secondary N) is 2. The van der Waals surface area contributed by atoms with Crippen LogP contribution < -0.4 is 5.32 Å². The molecule has 1 aliphatic heterocycles. The van der Waals surface area contributed by atoms with E-state index in [1.54, 1.807) is 19.1 Å². The molecule has 0 unspecified atom stereocenters. The van der Waals surface area contributed by atoms with Gasteiger partial charge in [-0.25, -0.2) is 4.39 Å². The summed E-state index contributed by atoms with van der Waals surface area (Å²) in [4.78, 5) is 31.3. The molecular weight excluding hydrogens is 441 g/mol. The zero-order valence-corrected chi connectivity index (χ0v) is 18.4. The number of benzene rings is 1. The SMILES string of the molecule is C[C@@H](C(=O)NCCc1c[nH]c2ccc(F)cc12)N1C(=O)/C(=C\c2cccs2)SC1=S. The van der Waals surface area contributed by atoms with Gasteiger partial charge < -0.3 is 10.3 Å². The molecule has 1 aromatic carbocycles. The van der Waals surface area contributed by atoms with E-state index >= 15 is 0 Å². The first-order valence-corrected chi connectivity index (χ1v) is 11.4. The number of hydrogen-bond acceptors (Lipinski definition) is 5. The van der Waals surface area contributed by atoms with E-state index in [0.717, 1.165) is 21.3 Å². The molecule has 0 bridgehead atoms. The molecule has 1 atom stereocenters. The number of fused-ring (bicyclic) bond motifs is 1. The van der Waals surface area contributed by atoms with Gasteiger partial charge in [-0.05, 0) is 54.6 Å². The summed E-state index contributed by atoms with van der Waals surface area (Å²) in [5.74, 6) is -0.839. The van der Waals surface area contributed by atoms with Gasteiger partial charge in [-0.1, -0.05) is 30.0 Å². The van der Waals surface area contributed by atoms with Crippen LogP contribution in [0.5, 0.6) is 0 Å². The van der Waals surface area contributed by atoms with Crippen molar-refractivity contribution >= 4 is 68.4 Å². The topological polar surface area (TPSA) is 65.2 Å². The maximum atomic E-state index is 13.5. The van der Waals surface area contributed by atoms with Gasteiger partial charge in [0.05, 0.1) is 4.91 Å². The number of thiophene rings is 1. The number of carbonyl (C=O) groups is 2. The van der Waals surface area contributed by atoms with Gasteiger partial charge in [-0.3, -0.25) is 14.5 Å². The number of aromatic nitrogens is 1. The summed E-state index contributed by atoms with van der Waals surface area (Å²) in [5.41, 5.74) is 1.77. The van der Waals surface area contributed by atoms with E-state index in [1.807, 2.05) is 23.7 Å². The Kier molecular flexibility index (Phi) is 6.03. The molecule has 0 aliphatic carbocycles. The molecule has 9 heteroatoms. The average Bonchev–Trinajstić information content (AvgIpc) is 3.43. The van der Waals surface area contributed by atoms with E-state index in [0.29, 0.717) is 22.2 Å². The van der Waals surface area contributed by atoms with Crippen LogP contribution in [0, 0.1) is 5.82 Å². The summed E-state index contributed by atoms with van der Waals surface area (Å²) >= 11 is 8.08. The molecule has 0 spiro atoms. The van der Waals surface area contributed by atoms with Crippen molar-refractivity contribution in [2.75, 3.05) is 6.54 Å². The fraction of sp³-hybridized carbons (Fsp3) is 0.190.